The van der Waals surface area contributed by atoms with Gasteiger partial charge in [0.2, 0.25) is 0 Å². The van der Waals surface area contributed by atoms with E-state index < -0.39 is 5.97 Å². The first-order valence-electron chi connectivity index (χ1n) is 5.66. The number of nitrogens with one attached hydrogen (secondary N) is 1. The van der Waals surface area contributed by atoms with E-state index in [0.717, 1.165) is 6.42 Å². The van der Waals surface area contributed by atoms with Crippen molar-refractivity contribution in [3.8, 4) is 0 Å². The molecule has 0 bridgehead atoms. The molecular weight excluding hydrogens is 238 g/mol. The highest BCUT2D eigenvalue weighted by atomic mass is 16.5. The zero-order valence-electron chi connectivity index (χ0n) is 10.3. The number of aryl methyl sites for hydroxylation is 1. The molecule has 7 nitrogen and oxygen atoms in total. The maximum atomic E-state index is 11.6. The number of amides is 1. The third-order valence-corrected chi connectivity index (χ3v) is 2.24. The summed E-state index contributed by atoms with van der Waals surface area (Å²) in [6.07, 6.45) is 2.31. The van der Waals surface area contributed by atoms with E-state index in [9.17, 15) is 9.59 Å². The van der Waals surface area contributed by atoms with Crippen molar-refractivity contribution in [2.45, 2.75) is 19.4 Å². The Hall–Kier alpha value is -1.89. The van der Waals surface area contributed by atoms with Crippen molar-refractivity contribution in [1.82, 2.24) is 15.1 Å². The summed E-state index contributed by atoms with van der Waals surface area (Å²) in [5, 5.41) is 15.2. The van der Waals surface area contributed by atoms with E-state index in [2.05, 4.69) is 10.4 Å². The molecule has 0 radical (unpaired) electrons. The lowest BCUT2D eigenvalue weighted by molar-refractivity contribution is -0.137. The number of aromatic nitrogens is 2. The van der Waals surface area contributed by atoms with Crippen LogP contribution in [0.1, 0.15) is 23.3 Å². The monoisotopic (exact) mass is 255 g/mol. The molecule has 1 aromatic heterocycles. The summed E-state index contributed by atoms with van der Waals surface area (Å²) in [6, 6.07) is 1.56. The number of carboxylic acid groups (broad SMARTS) is 1. The van der Waals surface area contributed by atoms with Crippen LogP contribution in [0.25, 0.3) is 0 Å². The van der Waals surface area contributed by atoms with Gasteiger partial charge in [-0.05, 0) is 12.5 Å². The topological polar surface area (TPSA) is 93.5 Å². The highest BCUT2D eigenvalue weighted by Crippen LogP contribution is 1.97. The second kappa shape index (κ2) is 7.44. The van der Waals surface area contributed by atoms with Crippen LogP contribution >= 0.6 is 0 Å². The SMILES string of the molecule is COCCCNC(=O)c1ccn(CCC(=O)O)n1. The lowest BCUT2D eigenvalue weighted by atomic mass is 10.4. The molecule has 2 N–H and O–H groups in total. The number of ether oxygens (including phenoxy) is 1. The van der Waals surface area contributed by atoms with E-state index in [1.165, 1.54) is 4.68 Å². The second-order valence-electron chi connectivity index (χ2n) is 3.71. The molecule has 100 valence electrons. The number of rotatable bonds is 8. The normalized spacial score (nSPS) is 10.3. The number of hydrogen-bond acceptors (Lipinski definition) is 4. The summed E-state index contributed by atoms with van der Waals surface area (Å²) in [6.45, 7) is 1.37. The number of nitrogens with zero attached hydrogens (tertiary/aromatic N) is 2. The molecule has 0 unspecified atom stereocenters. The predicted octanol–water partition coefficient (Wildman–Crippen LogP) is 0.124. The number of carbonyl (C=O) groups excluding carboxylic acids is 1. The summed E-state index contributed by atoms with van der Waals surface area (Å²) in [5.74, 6) is -1.16. The van der Waals surface area contributed by atoms with Gasteiger partial charge in [-0.25, -0.2) is 0 Å². The third kappa shape index (κ3) is 4.96. The fourth-order valence-corrected chi connectivity index (χ4v) is 1.33. The van der Waals surface area contributed by atoms with Crippen LogP contribution in [-0.4, -0.2) is 47.0 Å². The minimum Gasteiger partial charge on any atom is -0.481 e. The van der Waals surface area contributed by atoms with Gasteiger partial charge in [0.15, 0.2) is 0 Å². The van der Waals surface area contributed by atoms with Crippen molar-refractivity contribution in [3.05, 3.63) is 18.0 Å². The highest BCUT2D eigenvalue weighted by Gasteiger charge is 2.09. The number of hydrogen-bond donors (Lipinski definition) is 2. The molecule has 0 atom stereocenters. The first-order chi connectivity index (χ1) is 8.63. The lowest BCUT2D eigenvalue weighted by Crippen LogP contribution is -2.25. The highest BCUT2D eigenvalue weighted by molar-refractivity contribution is 5.92. The van der Waals surface area contributed by atoms with E-state index in [1.54, 1.807) is 19.4 Å². The molecule has 1 aromatic rings. The first-order valence-corrected chi connectivity index (χ1v) is 5.66. The maximum Gasteiger partial charge on any atom is 0.305 e. The Labute approximate surface area is 105 Å². The largest absolute Gasteiger partial charge is 0.481 e. The van der Waals surface area contributed by atoms with Crippen LogP contribution in [0.5, 0.6) is 0 Å². The molecule has 0 spiro atoms. The lowest BCUT2D eigenvalue weighted by Gasteiger charge is -2.02. The Balaban J connectivity index is 2.37. The van der Waals surface area contributed by atoms with Gasteiger partial charge >= 0.3 is 5.97 Å². The van der Waals surface area contributed by atoms with Crippen molar-refractivity contribution in [1.29, 1.82) is 0 Å². The number of methoxy groups -OCH3 is 1. The van der Waals surface area contributed by atoms with Gasteiger partial charge in [0.1, 0.15) is 5.69 Å². The fourth-order valence-electron chi connectivity index (χ4n) is 1.33. The van der Waals surface area contributed by atoms with Gasteiger partial charge in [-0.1, -0.05) is 0 Å². The fraction of sp³-hybridized carbons (Fsp3) is 0.545. The molecule has 0 saturated heterocycles. The van der Waals surface area contributed by atoms with Gasteiger partial charge in [0.05, 0.1) is 13.0 Å². The standard InChI is InChI=1S/C11H17N3O4/c1-18-8-2-5-12-11(17)9-3-6-14(13-9)7-4-10(15)16/h3,6H,2,4-5,7-8H2,1H3,(H,12,17)(H,15,16). The van der Waals surface area contributed by atoms with Crippen LogP contribution in [0.3, 0.4) is 0 Å². The van der Waals surface area contributed by atoms with Crippen LogP contribution in [-0.2, 0) is 16.1 Å². The molecule has 18 heavy (non-hydrogen) atoms. The molecule has 0 saturated carbocycles. The minimum absolute atomic E-state index is 0.0173. The zero-order chi connectivity index (χ0) is 13.4. The Bertz CT molecular complexity index is 403. The van der Waals surface area contributed by atoms with Crippen molar-refractivity contribution >= 4 is 11.9 Å². The molecule has 7 heteroatoms. The molecule has 0 aliphatic carbocycles. The maximum absolute atomic E-state index is 11.6. The molecular formula is C11H17N3O4. The number of carboxylic acids is 1. The minimum atomic E-state index is -0.893. The first kappa shape index (κ1) is 14.2. The van der Waals surface area contributed by atoms with Crippen molar-refractivity contribution < 1.29 is 19.4 Å². The van der Waals surface area contributed by atoms with E-state index in [0.29, 0.717) is 13.2 Å². The van der Waals surface area contributed by atoms with Gasteiger partial charge in [0.25, 0.3) is 5.91 Å². The average molecular weight is 255 g/mol. The van der Waals surface area contributed by atoms with Gasteiger partial charge in [-0.3, -0.25) is 14.3 Å². The summed E-state index contributed by atoms with van der Waals surface area (Å²) < 4.78 is 6.30. The van der Waals surface area contributed by atoms with Crippen molar-refractivity contribution in [2.75, 3.05) is 20.3 Å². The average Bonchev–Trinajstić information content (AvgIpc) is 2.80. The molecule has 0 fully saturated rings. The van der Waals surface area contributed by atoms with E-state index in [4.69, 9.17) is 9.84 Å². The van der Waals surface area contributed by atoms with Crippen LogP contribution in [0.2, 0.25) is 0 Å². The van der Waals surface area contributed by atoms with Crippen LogP contribution in [0.4, 0.5) is 0 Å². The molecule has 1 heterocycles. The summed E-state index contributed by atoms with van der Waals surface area (Å²) >= 11 is 0. The molecule has 1 amide bonds. The predicted molar refractivity (Wildman–Crippen MR) is 63.3 cm³/mol. The van der Waals surface area contributed by atoms with Crippen LogP contribution in [0.15, 0.2) is 12.3 Å². The van der Waals surface area contributed by atoms with E-state index >= 15 is 0 Å². The Morgan fingerprint density at radius 2 is 2.33 bits per heavy atom. The number of carbonyl (C=O) groups is 2. The summed E-state index contributed by atoms with van der Waals surface area (Å²) in [7, 11) is 1.60. The summed E-state index contributed by atoms with van der Waals surface area (Å²) in [4.78, 5) is 22.0. The quantitative estimate of drug-likeness (QED) is 0.644. The molecule has 1 rings (SSSR count). The van der Waals surface area contributed by atoms with Crippen LogP contribution in [0, 0.1) is 0 Å². The van der Waals surface area contributed by atoms with Gasteiger partial charge in [-0.2, -0.15) is 5.10 Å². The second-order valence-corrected chi connectivity index (χ2v) is 3.71. The van der Waals surface area contributed by atoms with Crippen molar-refractivity contribution in [3.63, 3.8) is 0 Å². The number of aliphatic carboxylic acids is 1. The van der Waals surface area contributed by atoms with E-state index in [-0.39, 0.29) is 24.6 Å². The summed E-state index contributed by atoms with van der Waals surface area (Å²) in [5.41, 5.74) is 0.290. The van der Waals surface area contributed by atoms with Crippen LogP contribution < -0.4 is 5.32 Å². The molecule has 0 aliphatic heterocycles. The molecule has 0 aromatic carbocycles. The Kier molecular flexibility index (Phi) is 5.86. The van der Waals surface area contributed by atoms with Crippen molar-refractivity contribution in [2.24, 2.45) is 0 Å². The Morgan fingerprint density at radius 1 is 1.56 bits per heavy atom. The smallest absolute Gasteiger partial charge is 0.305 e. The van der Waals surface area contributed by atoms with Gasteiger partial charge < -0.3 is 15.2 Å². The zero-order valence-corrected chi connectivity index (χ0v) is 10.3. The van der Waals surface area contributed by atoms with Gasteiger partial charge in [-0.15, -0.1) is 0 Å². The third-order valence-electron chi connectivity index (χ3n) is 2.24. The Morgan fingerprint density at radius 3 is 3.00 bits per heavy atom. The van der Waals surface area contributed by atoms with E-state index in [1.807, 2.05) is 0 Å². The van der Waals surface area contributed by atoms with Gasteiger partial charge in [0, 0.05) is 26.5 Å². The molecule has 0 aliphatic rings.